The molecule has 1 aromatic rings. The van der Waals surface area contributed by atoms with E-state index in [1.807, 2.05) is 0 Å². The smallest absolute Gasteiger partial charge is 0.202 e. The van der Waals surface area contributed by atoms with Crippen LogP contribution in [0.25, 0.3) is 12.2 Å². The molecule has 0 spiro atoms. The predicted octanol–water partition coefficient (Wildman–Crippen LogP) is 1.05. The Balaban J connectivity index is 2.38. The van der Waals surface area contributed by atoms with E-state index in [0.29, 0.717) is 17.0 Å². The summed E-state index contributed by atoms with van der Waals surface area (Å²) in [7, 11) is -3.37. The van der Waals surface area contributed by atoms with Gasteiger partial charge in [0.1, 0.15) is 0 Å². The number of allylic oxidation sites excluding steroid dienone is 1. The molecule has 2 heterocycles. The monoisotopic (exact) mass is 219 g/mol. The standard InChI is InChI=1S/C10H5NO3S/c12-9-2-1-7-6(9)5-10-8(11-7)3-4-15(10,13)14/h1-5H. The van der Waals surface area contributed by atoms with E-state index in [1.165, 1.54) is 18.2 Å². The number of carbonyl (C=O) groups excluding carboxylic acids is 1. The van der Waals surface area contributed by atoms with Crippen molar-refractivity contribution in [3.8, 4) is 0 Å². The van der Waals surface area contributed by atoms with Gasteiger partial charge in [-0.3, -0.25) is 4.79 Å². The van der Waals surface area contributed by atoms with Crippen molar-refractivity contribution in [2.24, 2.45) is 0 Å². The minimum absolute atomic E-state index is 0.123. The molecule has 2 aliphatic rings. The largest absolute Gasteiger partial charge is 0.289 e. The fourth-order valence-electron chi connectivity index (χ4n) is 1.67. The van der Waals surface area contributed by atoms with Crippen molar-refractivity contribution < 1.29 is 13.2 Å². The van der Waals surface area contributed by atoms with Gasteiger partial charge in [0.05, 0.1) is 16.3 Å². The predicted molar refractivity (Wildman–Crippen MR) is 53.8 cm³/mol. The van der Waals surface area contributed by atoms with Crippen LogP contribution in [0.5, 0.6) is 0 Å². The van der Waals surface area contributed by atoms with Gasteiger partial charge in [0.25, 0.3) is 0 Å². The molecule has 5 heteroatoms. The van der Waals surface area contributed by atoms with Gasteiger partial charge < -0.3 is 0 Å². The summed E-state index contributed by atoms with van der Waals surface area (Å²) >= 11 is 0. The highest BCUT2D eigenvalue weighted by atomic mass is 32.2. The van der Waals surface area contributed by atoms with Crippen molar-refractivity contribution >= 4 is 27.8 Å². The molecule has 1 aliphatic carbocycles. The summed E-state index contributed by atoms with van der Waals surface area (Å²) in [6, 6.07) is 1.40. The number of sulfone groups is 1. The maximum Gasteiger partial charge on any atom is 0.202 e. The molecule has 1 aliphatic heterocycles. The van der Waals surface area contributed by atoms with Crippen molar-refractivity contribution in [3.63, 3.8) is 0 Å². The number of pyridine rings is 1. The van der Waals surface area contributed by atoms with E-state index in [9.17, 15) is 13.2 Å². The highest BCUT2D eigenvalue weighted by Crippen LogP contribution is 2.29. The van der Waals surface area contributed by atoms with Gasteiger partial charge in [0, 0.05) is 11.0 Å². The SMILES string of the molecule is O=C1C=Cc2nc3c(cc21)S(=O)(=O)C=C3. The summed E-state index contributed by atoms with van der Waals surface area (Å²) in [5.41, 5.74) is 1.31. The molecule has 0 saturated heterocycles. The zero-order chi connectivity index (χ0) is 10.6. The Labute approximate surface area is 85.9 Å². The zero-order valence-corrected chi connectivity index (χ0v) is 8.28. The van der Waals surface area contributed by atoms with Crippen molar-refractivity contribution in [2.75, 3.05) is 0 Å². The Bertz CT molecular complexity index is 653. The first-order chi connectivity index (χ1) is 7.08. The van der Waals surface area contributed by atoms with Crippen LogP contribution < -0.4 is 0 Å². The number of ketones is 1. The number of carbonyl (C=O) groups is 1. The number of hydrogen-bond acceptors (Lipinski definition) is 4. The number of rotatable bonds is 0. The Morgan fingerprint density at radius 3 is 2.67 bits per heavy atom. The van der Waals surface area contributed by atoms with Gasteiger partial charge in [-0.2, -0.15) is 0 Å². The second-order valence-corrected chi connectivity index (χ2v) is 5.15. The van der Waals surface area contributed by atoms with Crippen molar-refractivity contribution in [1.29, 1.82) is 0 Å². The van der Waals surface area contributed by atoms with Crippen LogP contribution in [0.15, 0.2) is 22.4 Å². The van der Waals surface area contributed by atoms with Gasteiger partial charge in [0.2, 0.25) is 9.84 Å². The van der Waals surface area contributed by atoms with E-state index >= 15 is 0 Å². The lowest BCUT2D eigenvalue weighted by Gasteiger charge is -2.01. The molecule has 0 N–H and O–H groups in total. The average molecular weight is 219 g/mol. The Morgan fingerprint density at radius 1 is 1.07 bits per heavy atom. The van der Waals surface area contributed by atoms with E-state index in [4.69, 9.17) is 0 Å². The van der Waals surface area contributed by atoms with Crippen LogP contribution in [0.1, 0.15) is 21.7 Å². The lowest BCUT2D eigenvalue weighted by molar-refractivity contribution is 0.104. The van der Waals surface area contributed by atoms with E-state index in [0.717, 1.165) is 5.41 Å². The first kappa shape index (κ1) is 8.55. The molecule has 0 bridgehead atoms. The number of hydrogen-bond donors (Lipinski definition) is 0. The van der Waals surface area contributed by atoms with Gasteiger partial charge >= 0.3 is 0 Å². The molecule has 0 aromatic carbocycles. The van der Waals surface area contributed by atoms with Crippen molar-refractivity contribution in [2.45, 2.75) is 4.90 Å². The number of fused-ring (bicyclic) bond motifs is 2. The zero-order valence-electron chi connectivity index (χ0n) is 7.47. The van der Waals surface area contributed by atoms with Crippen LogP contribution in [0.4, 0.5) is 0 Å². The maximum atomic E-state index is 11.5. The molecule has 3 rings (SSSR count). The van der Waals surface area contributed by atoms with Gasteiger partial charge in [-0.1, -0.05) is 0 Å². The molecule has 0 amide bonds. The fourth-order valence-corrected chi connectivity index (χ4v) is 2.81. The summed E-state index contributed by atoms with van der Waals surface area (Å²) < 4.78 is 23.0. The van der Waals surface area contributed by atoms with Crippen LogP contribution in [0.2, 0.25) is 0 Å². The van der Waals surface area contributed by atoms with Crippen LogP contribution >= 0.6 is 0 Å². The third-order valence-electron chi connectivity index (χ3n) is 2.41. The van der Waals surface area contributed by atoms with Gasteiger partial charge in [-0.15, -0.1) is 0 Å². The molecular formula is C10H5NO3S. The van der Waals surface area contributed by atoms with E-state index in [-0.39, 0.29) is 10.7 Å². The molecule has 0 atom stereocenters. The minimum Gasteiger partial charge on any atom is -0.289 e. The van der Waals surface area contributed by atoms with Crippen LogP contribution in [0, 0.1) is 0 Å². The van der Waals surface area contributed by atoms with Crippen LogP contribution in [-0.4, -0.2) is 19.2 Å². The molecule has 74 valence electrons. The van der Waals surface area contributed by atoms with Crippen LogP contribution in [-0.2, 0) is 9.84 Å². The summed E-state index contributed by atoms with van der Waals surface area (Å²) in [4.78, 5) is 15.6. The summed E-state index contributed by atoms with van der Waals surface area (Å²) in [6.45, 7) is 0. The first-order valence-electron chi connectivity index (χ1n) is 4.28. The lowest BCUT2D eigenvalue weighted by atomic mass is 10.2. The molecule has 4 nitrogen and oxygen atoms in total. The molecule has 1 aromatic heterocycles. The quantitative estimate of drug-likeness (QED) is 0.654. The molecule has 0 unspecified atom stereocenters. The summed E-state index contributed by atoms with van der Waals surface area (Å²) in [5.74, 6) is -0.192. The van der Waals surface area contributed by atoms with E-state index < -0.39 is 9.84 Å². The summed E-state index contributed by atoms with van der Waals surface area (Å²) in [6.07, 6.45) is 4.43. The average Bonchev–Trinajstić information content (AvgIpc) is 2.68. The van der Waals surface area contributed by atoms with Gasteiger partial charge in [0.15, 0.2) is 5.78 Å². The fraction of sp³-hybridized carbons (Fsp3) is 0. The van der Waals surface area contributed by atoms with Gasteiger partial charge in [-0.05, 0) is 24.3 Å². The van der Waals surface area contributed by atoms with Crippen LogP contribution in [0.3, 0.4) is 0 Å². The maximum absolute atomic E-state index is 11.5. The topological polar surface area (TPSA) is 64.1 Å². The second-order valence-electron chi connectivity index (χ2n) is 3.35. The van der Waals surface area contributed by atoms with Crippen molar-refractivity contribution in [3.05, 3.63) is 34.5 Å². The number of nitrogens with zero attached hydrogens (tertiary/aromatic N) is 1. The highest BCUT2D eigenvalue weighted by molar-refractivity contribution is 7.94. The molecular weight excluding hydrogens is 214 g/mol. The Hall–Kier alpha value is -1.75. The normalized spacial score (nSPS) is 19.3. The number of aromatic nitrogens is 1. The van der Waals surface area contributed by atoms with Crippen molar-refractivity contribution in [1.82, 2.24) is 4.98 Å². The third-order valence-corrected chi connectivity index (χ3v) is 3.85. The first-order valence-corrected chi connectivity index (χ1v) is 5.83. The molecule has 0 fully saturated rings. The second kappa shape index (κ2) is 2.43. The third kappa shape index (κ3) is 1.04. The highest BCUT2D eigenvalue weighted by Gasteiger charge is 2.26. The molecule has 15 heavy (non-hydrogen) atoms. The summed E-state index contributed by atoms with van der Waals surface area (Å²) in [5, 5.41) is 1.11. The Morgan fingerprint density at radius 2 is 1.87 bits per heavy atom. The van der Waals surface area contributed by atoms with Gasteiger partial charge in [-0.25, -0.2) is 13.4 Å². The minimum atomic E-state index is -3.37. The molecule has 0 radical (unpaired) electrons. The lowest BCUT2D eigenvalue weighted by Crippen LogP contribution is -2.01. The van der Waals surface area contributed by atoms with E-state index in [2.05, 4.69) is 4.98 Å². The van der Waals surface area contributed by atoms with E-state index in [1.54, 1.807) is 6.08 Å². The molecule has 0 saturated carbocycles. The Kier molecular flexibility index (Phi) is 1.39.